The average molecular weight is 260 g/mol. The molecule has 1 aliphatic carbocycles. The Balaban J connectivity index is 2.05. The van der Waals surface area contributed by atoms with Crippen molar-refractivity contribution in [2.45, 2.75) is 31.8 Å². The maximum Gasteiger partial charge on any atom is 0.251 e. The van der Waals surface area contributed by atoms with Gasteiger partial charge in [0.25, 0.3) is 5.56 Å². The topological polar surface area (TPSA) is 91.6 Å². The van der Waals surface area contributed by atoms with E-state index in [-0.39, 0.29) is 11.6 Å². The molecule has 0 amide bonds. The Morgan fingerprint density at radius 2 is 2.32 bits per heavy atom. The van der Waals surface area contributed by atoms with E-state index in [0.29, 0.717) is 12.4 Å². The number of fused-ring (bicyclic) bond motifs is 1. The normalized spacial score (nSPS) is 18.3. The fraction of sp³-hybridized carbons (Fsp3) is 0.500. The molecule has 7 nitrogen and oxygen atoms in total. The molecule has 0 aliphatic heterocycles. The van der Waals surface area contributed by atoms with Crippen molar-refractivity contribution in [3.8, 4) is 0 Å². The summed E-state index contributed by atoms with van der Waals surface area (Å²) >= 11 is 0. The Kier molecular flexibility index (Phi) is 2.90. The number of rotatable bonds is 2. The highest BCUT2D eigenvalue weighted by Crippen LogP contribution is 2.26. The fourth-order valence-electron chi connectivity index (χ4n) is 2.60. The molecular formula is C12H16N6O. The number of nitrogens with two attached hydrogens (primary N) is 1. The molecule has 100 valence electrons. The van der Waals surface area contributed by atoms with E-state index in [2.05, 4.69) is 15.4 Å². The monoisotopic (exact) mass is 260 g/mol. The molecule has 0 bridgehead atoms. The average Bonchev–Trinajstić information content (AvgIpc) is 2.79. The van der Waals surface area contributed by atoms with Crippen LogP contribution >= 0.6 is 0 Å². The molecule has 3 rings (SSSR count). The molecule has 2 N–H and O–H groups in total. The number of hydrogen-bond donors (Lipinski definition) is 1. The van der Waals surface area contributed by atoms with Crippen LogP contribution in [-0.4, -0.2) is 24.8 Å². The number of nitrogens with zero attached hydrogens (tertiary/aromatic N) is 5. The van der Waals surface area contributed by atoms with Gasteiger partial charge in [0, 0.05) is 17.8 Å². The summed E-state index contributed by atoms with van der Waals surface area (Å²) in [5.41, 5.74) is 8.14. The second-order valence-electron chi connectivity index (χ2n) is 4.85. The molecule has 0 fully saturated rings. The third-order valence-corrected chi connectivity index (χ3v) is 3.51. The van der Waals surface area contributed by atoms with Gasteiger partial charge in [-0.25, -0.2) is 0 Å². The quantitative estimate of drug-likeness (QED) is 0.804. The first-order valence-corrected chi connectivity index (χ1v) is 6.36. The lowest BCUT2D eigenvalue weighted by molar-refractivity contribution is 0.525. The van der Waals surface area contributed by atoms with E-state index in [1.807, 2.05) is 6.07 Å². The lowest BCUT2D eigenvalue weighted by Gasteiger charge is -2.24. The third kappa shape index (κ3) is 2.17. The Hall–Kier alpha value is -2.02. The lowest BCUT2D eigenvalue weighted by atomic mass is 9.91. The Morgan fingerprint density at radius 3 is 3.05 bits per heavy atom. The molecule has 0 spiro atoms. The second-order valence-corrected chi connectivity index (χ2v) is 4.85. The minimum atomic E-state index is -0.0414. The summed E-state index contributed by atoms with van der Waals surface area (Å²) in [4.78, 5) is 13.4. The first-order chi connectivity index (χ1) is 9.15. The zero-order valence-electron chi connectivity index (χ0n) is 10.8. The molecule has 2 aromatic rings. The molecule has 2 heterocycles. The molecule has 0 radical (unpaired) electrons. The van der Waals surface area contributed by atoms with Crippen LogP contribution in [0.25, 0.3) is 0 Å². The van der Waals surface area contributed by atoms with E-state index in [9.17, 15) is 4.79 Å². The number of aromatic nitrogens is 5. The summed E-state index contributed by atoms with van der Waals surface area (Å²) < 4.78 is 1.71. The zero-order valence-corrected chi connectivity index (χ0v) is 10.8. The van der Waals surface area contributed by atoms with Crippen LogP contribution in [0.5, 0.6) is 0 Å². The van der Waals surface area contributed by atoms with Crippen molar-refractivity contribution in [3.05, 3.63) is 39.6 Å². The molecule has 0 aromatic carbocycles. The highest BCUT2D eigenvalue weighted by Gasteiger charge is 2.20. The molecule has 0 saturated heterocycles. The highest BCUT2D eigenvalue weighted by molar-refractivity contribution is 5.27. The summed E-state index contributed by atoms with van der Waals surface area (Å²) in [5, 5.41) is 11.8. The Bertz CT molecular complexity index is 658. The van der Waals surface area contributed by atoms with Crippen molar-refractivity contribution in [1.29, 1.82) is 0 Å². The van der Waals surface area contributed by atoms with Gasteiger partial charge in [-0.15, -0.1) is 10.2 Å². The minimum absolute atomic E-state index is 0.0189. The van der Waals surface area contributed by atoms with Gasteiger partial charge in [-0.2, -0.15) is 4.80 Å². The summed E-state index contributed by atoms with van der Waals surface area (Å²) in [6.45, 7) is 0.350. The molecule has 0 saturated carbocycles. The van der Waals surface area contributed by atoms with Crippen molar-refractivity contribution in [2.24, 2.45) is 12.8 Å². The van der Waals surface area contributed by atoms with Gasteiger partial charge in [-0.3, -0.25) is 4.79 Å². The summed E-state index contributed by atoms with van der Waals surface area (Å²) in [6.07, 6.45) is 2.85. The highest BCUT2D eigenvalue weighted by atomic mass is 16.1. The number of pyridine rings is 1. The van der Waals surface area contributed by atoms with Gasteiger partial charge >= 0.3 is 0 Å². The molecule has 1 aliphatic rings. The van der Waals surface area contributed by atoms with Gasteiger partial charge in [-0.1, -0.05) is 6.07 Å². The number of hydrogen-bond acceptors (Lipinski definition) is 5. The van der Waals surface area contributed by atoms with Crippen LogP contribution in [-0.2, 0) is 20.0 Å². The van der Waals surface area contributed by atoms with Crippen molar-refractivity contribution in [1.82, 2.24) is 24.8 Å². The van der Waals surface area contributed by atoms with Gasteiger partial charge in [-0.05, 0) is 30.0 Å². The van der Waals surface area contributed by atoms with Crippen molar-refractivity contribution in [2.75, 3.05) is 0 Å². The van der Waals surface area contributed by atoms with Crippen LogP contribution in [0.4, 0.5) is 0 Å². The van der Waals surface area contributed by atoms with Crippen molar-refractivity contribution in [3.63, 3.8) is 0 Å². The minimum Gasteiger partial charge on any atom is -0.324 e. The molecule has 1 unspecified atom stereocenters. The van der Waals surface area contributed by atoms with Crippen LogP contribution in [0.15, 0.2) is 16.9 Å². The van der Waals surface area contributed by atoms with Gasteiger partial charge in [0.2, 0.25) is 0 Å². The smallest absolute Gasteiger partial charge is 0.251 e. The Morgan fingerprint density at radius 1 is 1.47 bits per heavy atom. The summed E-state index contributed by atoms with van der Waals surface area (Å²) in [7, 11) is 1.70. The van der Waals surface area contributed by atoms with E-state index >= 15 is 0 Å². The van der Waals surface area contributed by atoms with Gasteiger partial charge in [0.1, 0.15) is 0 Å². The molecule has 7 heteroatoms. The zero-order chi connectivity index (χ0) is 13.4. The van der Waals surface area contributed by atoms with Crippen LogP contribution in [0.1, 0.15) is 36.0 Å². The van der Waals surface area contributed by atoms with Gasteiger partial charge < -0.3 is 10.3 Å². The lowest BCUT2D eigenvalue weighted by Crippen LogP contribution is -2.30. The van der Waals surface area contributed by atoms with Crippen molar-refractivity contribution >= 4 is 0 Å². The molecule has 19 heavy (non-hydrogen) atoms. The predicted octanol–water partition coefficient (Wildman–Crippen LogP) is -0.244. The molecule has 2 aromatic heterocycles. The first-order valence-electron chi connectivity index (χ1n) is 6.36. The van der Waals surface area contributed by atoms with E-state index in [1.165, 1.54) is 4.80 Å². The van der Waals surface area contributed by atoms with E-state index in [1.54, 1.807) is 17.7 Å². The van der Waals surface area contributed by atoms with Crippen LogP contribution in [0.2, 0.25) is 0 Å². The summed E-state index contributed by atoms with van der Waals surface area (Å²) in [6, 6.07) is 3.44. The predicted molar refractivity (Wildman–Crippen MR) is 68.5 cm³/mol. The Labute approximate surface area is 110 Å². The fourth-order valence-corrected chi connectivity index (χ4v) is 2.60. The van der Waals surface area contributed by atoms with E-state index in [0.717, 1.165) is 30.5 Å². The van der Waals surface area contributed by atoms with Crippen LogP contribution in [0.3, 0.4) is 0 Å². The third-order valence-electron chi connectivity index (χ3n) is 3.51. The first kappa shape index (κ1) is 12.0. The molecule has 1 atom stereocenters. The number of aryl methyl sites for hydroxylation is 1. The van der Waals surface area contributed by atoms with Gasteiger partial charge in [0.05, 0.1) is 13.6 Å². The maximum absolute atomic E-state index is 12.0. The van der Waals surface area contributed by atoms with Gasteiger partial charge in [0.15, 0.2) is 5.82 Å². The standard InChI is InChI=1S/C12H16N6O/c1-17-15-11(14-16-17)7-18-10-4-2-3-9(13)8(10)5-6-12(18)19/h5-6,9H,2-4,7,13H2,1H3. The van der Waals surface area contributed by atoms with Crippen molar-refractivity contribution < 1.29 is 0 Å². The van der Waals surface area contributed by atoms with Crippen LogP contribution in [0, 0.1) is 0 Å². The van der Waals surface area contributed by atoms with Crippen LogP contribution < -0.4 is 11.3 Å². The largest absolute Gasteiger partial charge is 0.324 e. The summed E-state index contributed by atoms with van der Waals surface area (Å²) in [5.74, 6) is 0.539. The van der Waals surface area contributed by atoms with E-state index < -0.39 is 0 Å². The second kappa shape index (κ2) is 4.58. The SMILES string of the molecule is Cn1nnc(Cn2c3c(ccc2=O)C(N)CCC3)n1. The molecular weight excluding hydrogens is 244 g/mol. The number of tetrazole rings is 1. The van der Waals surface area contributed by atoms with E-state index in [4.69, 9.17) is 5.73 Å². The maximum atomic E-state index is 12.0.